The molecule has 1 aromatic heterocycles. The summed E-state index contributed by atoms with van der Waals surface area (Å²) >= 11 is 0. The summed E-state index contributed by atoms with van der Waals surface area (Å²) in [5, 5.41) is 9.39. The van der Waals surface area contributed by atoms with Gasteiger partial charge in [0.25, 0.3) is 0 Å². The third-order valence-electron chi connectivity index (χ3n) is 2.37. The van der Waals surface area contributed by atoms with Gasteiger partial charge >= 0.3 is 0 Å². The predicted molar refractivity (Wildman–Crippen MR) is 54.1 cm³/mol. The fourth-order valence-electron chi connectivity index (χ4n) is 1.75. The number of fused-ring (bicyclic) bond motifs is 1. The van der Waals surface area contributed by atoms with E-state index < -0.39 is 12.4 Å². The molecular weight excluding hydrogens is 197 g/mol. The molecule has 0 bridgehead atoms. The van der Waals surface area contributed by atoms with Crippen LogP contribution < -0.4 is 0 Å². The third kappa shape index (κ3) is 1.34. The summed E-state index contributed by atoms with van der Waals surface area (Å²) in [6, 6.07) is 6.65. The minimum atomic E-state index is -0.525. The van der Waals surface area contributed by atoms with Gasteiger partial charge in [-0.1, -0.05) is 12.1 Å². The molecule has 1 heterocycles. The Morgan fingerprint density at radius 2 is 2.13 bits per heavy atom. The van der Waals surface area contributed by atoms with Crippen molar-refractivity contribution >= 4 is 16.8 Å². The highest BCUT2D eigenvalue weighted by Crippen LogP contribution is 2.24. The van der Waals surface area contributed by atoms with Crippen molar-refractivity contribution in [1.29, 1.82) is 0 Å². The van der Waals surface area contributed by atoms with Crippen LogP contribution in [-0.4, -0.2) is 15.6 Å². The molecule has 0 aliphatic heterocycles. The van der Waals surface area contributed by atoms with E-state index in [1.807, 2.05) is 0 Å². The van der Waals surface area contributed by atoms with Crippen molar-refractivity contribution in [3.05, 3.63) is 35.8 Å². The third-order valence-corrected chi connectivity index (χ3v) is 2.37. The molecule has 78 valence electrons. The zero-order valence-electron chi connectivity index (χ0n) is 8.20. The number of halogens is 1. The summed E-state index contributed by atoms with van der Waals surface area (Å²) in [7, 11) is 0. The Kier molecular flexibility index (Phi) is 2.28. The Morgan fingerprint density at radius 3 is 2.73 bits per heavy atom. The lowest BCUT2D eigenvalue weighted by Gasteiger charge is -2.02. The summed E-state index contributed by atoms with van der Waals surface area (Å²) in [6.45, 7) is 0.852. The van der Waals surface area contributed by atoms with Crippen LogP contribution in [0.5, 0.6) is 0 Å². The molecule has 0 fully saturated rings. The van der Waals surface area contributed by atoms with Gasteiger partial charge in [0.15, 0.2) is 5.82 Å². The van der Waals surface area contributed by atoms with E-state index >= 15 is 0 Å². The van der Waals surface area contributed by atoms with Gasteiger partial charge < -0.3 is 5.11 Å². The average molecular weight is 207 g/mol. The number of rotatable bonds is 1. The van der Waals surface area contributed by atoms with E-state index in [2.05, 4.69) is 0 Å². The summed E-state index contributed by atoms with van der Waals surface area (Å²) in [5.41, 5.74) is 0.509. The molecule has 0 saturated heterocycles. The van der Waals surface area contributed by atoms with Crippen LogP contribution in [0.3, 0.4) is 0 Å². The number of carbonyl (C=O) groups excluding carboxylic acids is 1. The molecule has 0 amide bonds. The molecule has 0 spiro atoms. The molecule has 4 heteroatoms. The van der Waals surface area contributed by atoms with Crippen LogP contribution in [0.1, 0.15) is 17.4 Å². The lowest BCUT2D eigenvalue weighted by molar-refractivity contribution is 0.0931. The first-order valence-electron chi connectivity index (χ1n) is 4.56. The summed E-state index contributed by atoms with van der Waals surface area (Å²) in [6.07, 6.45) is 0. The number of hydrogen-bond donors (Lipinski definition) is 1. The van der Waals surface area contributed by atoms with Crippen molar-refractivity contribution in [3.8, 4) is 0 Å². The van der Waals surface area contributed by atoms with E-state index in [0.29, 0.717) is 10.9 Å². The molecule has 3 nitrogen and oxygen atoms in total. The van der Waals surface area contributed by atoms with E-state index in [1.54, 1.807) is 24.3 Å². The first kappa shape index (κ1) is 9.86. The summed E-state index contributed by atoms with van der Waals surface area (Å²) < 4.78 is 14.9. The van der Waals surface area contributed by atoms with Crippen molar-refractivity contribution < 1.29 is 14.3 Å². The minimum Gasteiger partial charge on any atom is -0.390 e. The second-order valence-electron chi connectivity index (χ2n) is 3.29. The number of benzene rings is 1. The molecule has 2 aromatic rings. The Labute approximate surface area is 85.7 Å². The number of hydrogen-bond acceptors (Lipinski definition) is 2. The van der Waals surface area contributed by atoms with E-state index in [1.165, 1.54) is 11.5 Å². The van der Waals surface area contributed by atoms with Gasteiger partial charge in [0, 0.05) is 12.3 Å². The molecule has 0 atom stereocenters. The second kappa shape index (κ2) is 3.47. The van der Waals surface area contributed by atoms with Crippen LogP contribution in [0.2, 0.25) is 0 Å². The molecule has 1 N–H and O–H groups in total. The monoisotopic (exact) mass is 207 g/mol. The highest BCUT2D eigenvalue weighted by Gasteiger charge is 2.17. The number of para-hydroxylation sites is 1. The zero-order valence-corrected chi connectivity index (χ0v) is 8.20. The fourth-order valence-corrected chi connectivity index (χ4v) is 1.75. The van der Waals surface area contributed by atoms with Gasteiger partial charge in [-0.3, -0.25) is 9.36 Å². The zero-order chi connectivity index (χ0) is 11.0. The van der Waals surface area contributed by atoms with E-state index in [0.717, 1.165) is 0 Å². The average Bonchev–Trinajstić information content (AvgIpc) is 2.52. The van der Waals surface area contributed by atoms with Gasteiger partial charge in [-0.05, 0) is 12.1 Å². The lowest BCUT2D eigenvalue weighted by atomic mass is 10.2. The minimum absolute atomic E-state index is 0.0173. The lowest BCUT2D eigenvalue weighted by Crippen LogP contribution is -2.10. The van der Waals surface area contributed by atoms with Crippen LogP contribution in [0.4, 0.5) is 4.39 Å². The molecule has 0 saturated carbocycles. The van der Waals surface area contributed by atoms with Crippen molar-refractivity contribution in [1.82, 2.24) is 4.57 Å². The Morgan fingerprint density at radius 1 is 1.47 bits per heavy atom. The van der Waals surface area contributed by atoms with Crippen LogP contribution in [0.15, 0.2) is 24.3 Å². The van der Waals surface area contributed by atoms with Crippen molar-refractivity contribution in [2.45, 2.75) is 13.5 Å². The maximum absolute atomic E-state index is 13.7. The largest absolute Gasteiger partial charge is 0.390 e. The maximum Gasteiger partial charge on any atom is 0.228 e. The number of aliphatic hydroxyl groups excluding tert-OH is 1. The van der Waals surface area contributed by atoms with Gasteiger partial charge in [-0.2, -0.15) is 0 Å². The number of aromatic nitrogens is 1. The Bertz CT molecular complexity index is 531. The van der Waals surface area contributed by atoms with Gasteiger partial charge in [0.1, 0.15) is 0 Å². The van der Waals surface area contributed by atoms with E-state index in [4.69, 9.17) is 5.11 Å². The summed E-state index contributed by atoms with van der Waals surface area (Å²) in [4.78, 5) is 11.3. The molecule has 0 aliphatic carbocycles. The normalized spacial score (nSPS) is 10.9. The van der Waals surface area contributed by atoms with Crippen molar-refractivity contribution in [2.75, 3.05) is 0 Å². The highest BCUT2D eigenvalue weighted by atomic mass is 19.1. The van der Waals surface area contributed by atoms with E-state index in [-0.39, 0.29) is 11.6 Å². The van der Waals surface area contributed by atoms with E-state index in [9.17, 15) is 9.18 Å². The molecule has 1 aromatic carbocycles. The second-order valence-corrected chi connectivity index (χ2v) is 3.29. The topological polar surface area (TPSA) is 42.2 Å². The highest BCUT2D eigenvalue weighted by molar-refractivity contribution is 5.93. The molecule has 15 heavy (non-hydrogen) atoms. The van der Waals surface area contributed by atoms with Gasteiger partial charge in [-0.25, -0.2) is 4.39 Å². The quantitative estimate of drug-likeness (QED) is 0.776. The number of carbonyl (C=O) groups is 1. The first-order valence-corrected chi connectivity index (χ1v) is 4.56. The summed E-state index contributed by atoms with van der Waals surface area (Å²) in [5.74, 6) is -0.831. The van der Waals surface area contributed by atoms with Crippen LogP contribution in [-0.2, 0) is 6.61 Å². The first-order chi connectivity index (χ1) is 7.16. The van der Waals surface area contributed by atoms with Crippen LogP contribution >= 0.6 is 0 Å². The van der Waals surface area contributed by atoms with Crippen LogP contribution in [0, 0.1) is 5.82 Å². The fraction of sp³-hybridized carbons (Fsp3) is 0.182. The van der Waals surface area contributed by atoms with Crippen molar-refractivity contribution in [2.24, 2.45) is 0 Å². The Balaban J connectivity index is 2.91. The Hall–Kier alpha value is -1.68. The van der Waals surface area contributed by atoms with Crippen molar-refractivity contribution in [3.63, 3.8) is 0 Å². The van der Waals surface area contributed by atoms with Gasteiger partial charge in [0.2, 0.25) is 5.91 Å². The molecule has 0 aliphatic rings. The van der Waals surface area contributed by atoms with Gasteiger partial charge in [-0.15, -0.1) is 0 Å². The number of nitrogens with zero attached hydrogens (tertiary/aromatic N) is 1. The molecule has 0 unspecified atom stereocenters. The molecular formula is C11H10FNO2. The maximum atomic E-state index is 13.7. The van der Waals surface area contributed by atoms with Crippen LogP contribution in [0.25, 0.3) is 10.9 Å². The van der Waals surface area contributed by atoms with Gasteiger partial charge in [0.05, 0.1) is 17.8 Å². The smallest absolute Gasteiger partial charge is 0.228 e. The molecule has 2 rings (SSSR count). The SMILES string of the molecule is CC(=O)n1c(CO)c(F)c2ccccc21. The molecule has 0 radical (unpaired) electrons. The predicted octanol–water partition coefficient (Wildman–Crippen LogP) is 1.93. The standard InChI is InChI=1S/C11H10FNO2/c1-7(15)13-9-5-3-2-4-8(9)11(12)10(13)6-14/h2-5,14H,6H2,1H3. The number of aliphatic hydroxyl groups is 1.